The summed E-state index contributed by atoms with van der Waals surface area (Å²) in [6.45, 7) is 0.459. The van der Waals surface area contributed by atoms with E-state index >= 15 is 0 Å². The molecule has 1 unspecified atom stereocenters. The molecule has 1 saturated heterocycles. The Bertz CT molecular complexity index is 905. The van der Waals surface area contributed by atoms with E-state index in [1.807, 2.05) is 30.3 Å². The van der Waals surface area contributed by atoms with Crippen LogP contribution >= 0.6 is 12.2 Å². The van der Waals surface area contributed by atoms with Crippen LogP contribution in [0.25, 0.3) is 0 Å². The molecule has 0 radical (unpaired) electrons. The molecule has 2 aromatic carbocycles. The largest absolute Gasteiger partial charge is 0.356 e. The first-order chi connectivity index (χ1) is 14.0. The van der Waals surface area contributed by atoms with Gasteiger partial charge in [0.15, 0.2) is 5.11 Å². The van der Waals surface area contributed by atoms with Gasteiger partial charge in [-0.25, -0.2) is 5.01 Å². The van der Waals surface area contributed by atoms with E-state index in [1.54, 1.807) is 30.3 Å². The number of likely N-dealkylation sites (N-methyl/N-ethyl adjacent to an activating group) is 1. The number of hydrogen-bond acceptors (Lipinski definition) is 4. The molecule has 0 aromatic heterocycles. The van der Waals surface area contributed by atoms with Gasteiger partial charge in [-0.05, 0) is 36.3 Å². The molecular weight excluding hydrogens is 388 g/mol. The van der Waals surface area contributed by atoms with Gasteiger partial charge in [-0.2, -0.15) is 0 Å². The van der Waals surface area contributed by atoms with Gasteiger partial charge in [-0.1, -0.05) is 48.5 Å². The Kier molecular flexibility index (Phi) is 6.56. The molecule has 150 valence electrons. The number of amides is 3. The van der Waals surface area contributed by atoms with E-state index < -0.39 is 11.9 Å². The van der Waals surface area contributed by atoms with Crippen molar-refractivity contribution in [2.24, 2.45) is 0 Å². The average molecular weight is 410 g/mol. The SMILES string of the molecule is CN1C(=O)C(CC(=O)NCCc2ccccc2)N(NC(=O)c2ccccc2)C1=S. The zero-order valence-corrected chi connectivity index (χ0v) is 16.8. The van der Waals surface area contributed by atoms with Gasteiger partial charge in [0.05, 0.1) is 6.42 Å². The van der Waals surface area contributed by atoms with Crippen molar-refractivity contribution in [2.75, 3.05) is 13.6 Å². The van der Waals surface area contributed by atoms with Gasteiger partial charge in [0.2, 0.25) is 5.91 Å². The second-order valence-electron chi connectivity index (χ2n) is 6.66. The zero-order chi connectivity index (χ0) is 20.8. The predicted octanol–water partition coefficient (Wildman–Crippen LogP) is 1.51. The van der Waals surface area contributed by atoms with Crippen LogP contribution in [0.5, 0.6) is 0 Å². The number of nitrogens with zero attached hydrogens (tertiary/aromatic N) is 2. The lowest BCUT2D eigenvalue weighted by Gasteiger charge is -2.24. The lowest BCUT2D eigenvalue weighted by Crippen LogP contribution is -2.50. The predicted molar refractivity (Wildman–Crippen MR) is 113 cm³/mol. The Balaban J connectivity index is 1.60. The number of nitrogens with one attached hydrogen (secondary N) is 2. The summed E-state index contributed by atoms with van der Waals surface area (Å²) in [7, 11) is 1.53. The molecule has 0 bridgehead atoms. The minimum atomic E-state index is -0.878. The highest BCUT2D eigenvalue weighted by Gasteiger charge is 2.42. The maximum absolute atomic E-state index is 12.5. The molecule has 1 heterocycles. The molecular formula is C21H22N4O3S. The number of hydrazine groups is 1. The maximum atomic E-state index is 12.5. The van der Waals surface area contributed by atoms with Gasteiger partial charge in [0.1, 0.15) is 6.04 Å². The third kappa shape index (κ3) is 4.97. The van der Waals surface area contributed by atoms with E-state index in [4.69, 9.17) is 12.2 Å². The summed E-state index contributed by atoms with van der Waals surface area (Å²) < 4.78 is 0. The van der Waals surface area contributed by atoms with Crippen LogP contribution in [0.3, 0.4) is 0 Å². The van der Waals surface area contributed by atoms with Crippen LogP contribution in [0.4, 0.5) is 0 Å². The van der Waals surface area contributed by atoms with Gasteiger partial charge in [-0.15, -0.1) is 0 Å². The van der Waals surface area contributed by atoms with Crippen molar-refractivity contribution in [3.8, 4) is 0 Å². The van der Waals surface area contributed by atoms with Crippen molar-refractivity contribution in [3.05, 3.63) is 71.8 Å². The minimum absolute atomic E-state index is 0.104. The highest BCUT2D eigenvalue weighted by molar-refractivity contribution is 7.80. The van der Waals surface area contributed by atoms with Crippen molar-refractivity contribution in [1.82, 2.24) is 20.7 Å². The number of thiocarbonyl (C=S) groups is 1. The van der Waals surface area contributed by atoms with Crippen LogP contribution in [-0.2, 0) is 16.0 Å². The molecule has 8 heteroatoms. The first kappa shape index (κ1) is 20.5. The lowest BCUT2D eigenvalue weighted by molar-refractivity contribution is -0.131. The van der Waals surface area contributed by atoms with Crippen molar-refractivity contribution < 1.29 is 14.4 Å². The van der Waals surface area contributed by atoms with Crippen molar-refractivity contribution >= 4 is 35.1 Å². The fraction of sp³-hybridized carbons (Fsp3) is 0.238. The van der Waals surface area contributed by atoms with E-state index in [2.05, 4.69) is 10.7 Å². The fourth-order valence-electron chi connectivity index (χ4n) is 3.03. The summed E-state index contributed by atoms with van der Waals surface area (Å²) in [5.41, 5.74) is 4.20. The monoisotopic (exact) mass is 410 g/mol. The van der Waals surface area contributed by atoms with Crippen LogP contribution in [0.1, 0.15) is 22.3 Å². The number of carbonyl (C=O) groups excluding carboxylic acids is 3. The summed E-state index contributed by atoms with van der Waals surface area (Å²) >= 11 is 5.27. The molecule has 1 atom stereocenters. The van der Waals surface area contributed by atoms with Crippen LogP contribution in [0.2, 0.25) is 0 Å². The van der Waals surface area contributed by atoms with Crippen LogP contribution in [0.15, 0.2) is 60.7 Å². The zero-order valence-electron chi connectivity index (χ0n) is 16.0. The fourth-order valence-corrected chi connectivity index (χ4v) is 3.29. The molecule has 2 N–H and O–H groups in total. The topological polar surface area (TPSA) is 81.8 Å². The van der Waals surface area contributed by atoms with Gasteiger partial charge in [0, 0.05) is 19.2 Å². The number of benzene rings is 2. The quantitative estimate of drug-likeness (QED) is 0.677. The summed E-state index contributed by atoms with van der Waals surface area (Å²) in [4.78, 5) is 38.7. The normalized spacial score (nSPS) is 16.1. The maximum Gasteiger partial charge on any atom is 0.269 e. The van der Waals surface area contributed by atoms with E-state index in [0.29, 0.717) is 18.5 Å². The van der Waals surface area contributed by atoms with Gasteiger partial charge in [0.25, 0.3) is 11.8 Å². The van der Waals surface area contributed by atoms with Crippen LogP contribution in [-0.4, -0.2) is 52.4 Å². The van der Waals surface area contributed by atoms with E-state index in [0.717, 1.165) is 5.56 Å². The molecule has 7 nitrogen and oxygen atoms in total. The molecule has 2 aromatic rings. The Hall–Kier alpha value is -3.26. The first-order valence-corrected chi connectivity index (χ1v) is 9.65. The lowest BCUT2D eigenvalue weighted by atomic mass is 10.1. The molecule has 0 aliphatic carbocycles. The van der Waals surface area contributed by atoms with Crippen molar-refractivity contribution in [3.63, 3.8) is 0 Å². The third-order valence-electron chi connectivity index (χ3n) is 4.64. The number of rotatable bonds is 7. The second kappa shape index (κ2) is 9.29. The molecule has 29 heavy (non-hydrogen) atoms. The van der Waals surface area contributed by atoms with Gasteiger partial charge in [-0.3, -0.25) is 24.7 Å². The second-order valence-corrected chi connectivity index (χ2v) is 7.03. The van der Waals surface area contributed by atoms with E-state index in [1.165, 1.54) is 17.0 Å². The van der Waals surface area contributed by atoms with E-state index in [9.17, 15) is 14.4 Å². The summed E-state index contributed by atoms with van der Waals surface area (Å²) in [6, 6.07) is 17.5. The van der Waals surface area contributed by atoms with Crippen molar-refractivity contribution in [2.45, 2.75) is 18.9 Å². The van der Waals surface area contributed by atoms with Gasteiger partial charge >= 0.3 is 0 Å². The first-order valence-electron chi connectivity index (χ1n) is 9.25. The molecule has 3 rings (SSSR count). The van der Waals surface area contributed by atoms with Crippen LogP contribution in [0, 0.1) is 0 Å². The third-order valence-corrected chi connectivity index (χ3v) is 5.11. The molecule has 1 aliphatic rings. The van der Waals surface area contributed by atoms with Gasteiger partial charge < -0.3 is 5.32 Å². The smallest absolute Gasteiger partial charge is 0.269 e. The Morgan fingerprint density at radius 1 is 1.03 bits per heavy atom. The minimum Gasteiger partial charge on any atom is -0.356 e. The molecule has 1 fully saturated rings. The number of hydrogen-bond donors (Lipinski definition) is 2. The standard InChI is InChI=1S/C21H22N4O3S/c1-24-20(28)17(14-18(26)22-13-12-15-8-4-2-5-9-15)25(21(24)29)23-19(27)16-10-6-3-7-11-16/h2-11,17H,12-14H2,1H3,(H,22,26)(H,23,27). The Morgan fingerprint density at radius 3 is 2.31 bits per heavy atom. The average Bonchev–Trinajstić information content (AvgIpc) is 2.93. The highest BCUT2D eigenvalue weighted by atomic mass is 32.1. The summed E-state index contributed by atoms with van der Waals surface area (Å²) in [5.74, 6) is -1.01. The Labute approximate surface area is 174 Å². The molecule has 1 aliphatic heterocycles. The highest BCUT2D eigenvalue weighted by Crippen LogP contribution is 2.17. The van der Waals surface area contributed by atoms with Crippen LogP contribution < -0.4 is 10.7 Å². The van der Waals surface area contributed by atoms with E-state index in [-0.39, 0.29) is 23.3 Å². The molecule has 0 spiro atoms. The summed E-state index contributed by atoms with van der Waals surface area (Å²) in [6.07, 6.45) is 0.588. The molecule has 0 saturated carbocycles. The molecule has 3 amide bonds. The van der Waals surface area contributed by atoms with Crippen molar-refractivity contribution in [1.29, 1.82) is 0 Å². The Morgan fingerprint density at radius 2 is 1.66 bits per heavy atom. The number of carbonyl (C=O) groups is 3. The summed E-state index contributed by atoms with van der Waals surface area (Å²) in [5, 5.41) is 4.27.